The fourth-order valence-corrected chi connectivity index (χ4v) is 2.52. The molecular weight excluding hydrogens is 214 g/mol. The van der Waals surface area contributed by atoms with E-state index in [1.165, 1.54) is 19.3 Å². The molecule has 1 aliphatic carbocycles. The molecule has 0 aromatic heterocycles. The number of rotatable bonds is 7. The maximum absolute atomic E-state index is 11.9. The summed E-state index contributed by atoms with van der Waals surface area (Å²) in [6.07, 6.45) is 10.1. The number of nitrogens with one attached hydrogen (secondary N) is 1. The molecule has 0 radical (unpaired) electrons. The number of carbonyl (C=O) groups excluding carboxylic acids is 2. The Hall–Kier alpha value is -0.860. The predicted octanol–water partition coefficient (Wildman–Crippen LogP) is 2.83. The average Bonchev–Trinajstić information content (AvgIpc) is 2.38. The molecule has 98 valence electrons. The van der Waals surface area contributed by atoms with Gasteiger partial charge in [0.25, 0.3) is 0 Å². The highest BCUT2D eigenvalue weighted by atomic mass is 16.1. The van der Waals surface area contributed by atoms with Gasteiger partial charge in [0.05, 0.1) is 0 Å². The largest absolute Gasteiger partial charge is 0.359 e. The van der Waals surface area contributed by atoms with Gasteiger partial charge in [-0.25, -0.2) is 0 Å². The zero-order chi connectivity index (χ0) is 12.5. The number of carbonyl (C=O) groups is 2. The maximum Gasteiger partial charge on any atom is 0.219 e. The first kappa shape index (κ1) is 14.2. The van der Waals surface area contributed by atoms with Gasteiger partial charge < -0.3 is 5.32 Å². The molecule has 0 saturated heterocycles. The quantitative estimate of drug-likeness (QED) is 0.694. The monoisotopic (exact) mass is 239 g/mol. The predicted molar refractivity (Wildman–Crippen MR) is 68.7 cm³/mol. The van der Waals surface area contributed by atoms with Crippen LogP contribution >= 0.6 is 0 Å². The van der Waals surface area contributed by atoms with Gasteiger partial charge in [-0.2, -0.15) is 0 Å². The van der Waals surface area contributed by atoms with Gasteiger partial charge in [-0.1, -0.05) is 25.7 Å². The smallest absolute Gasteiger partial charge is 0.219 e. The van der Waals surface area contributed by atoms with E-state index in [0.29, 0.717) is 18.1 Å². The van der Waals surface area contributed by atoms with Crippen LogP contribution in [0.25, 0.3) is 0 Å². The molecule has 0 aliphatic heterocycles. The molecule has 0 aromatic carbocycles. The standard InChI is InChI=1S/C14H25NO2/c1-15-14(17)11-7-3-6-10-13(16)12-8-4-2-5-9-12/h12H,2-11H2,1H3,(H,15,17). The van der Waals surface area contributed by atoms with Crippen molar-refractivity contribution in [2.75, 3.05) is 7.05 Å². The number of ketones is 1. The second-order valence-electron chi connectivity index (χ2n) is 5.04. The minimum Gasteiger partial charge on any atom is -0.359 e. The van der Waals surface area contributed by atoms with Gasteiger partial charge in [0.2, 0.25) is 5.91 Å². The van der Waals surface area contributed by atoms with E-state index in [1.54, 1.807) is 7.05 Å². The van der Waals surface area contributed by atoms with Gasteiger partial charge in [0.15, 0.2) is 0 Å². The van der Waals surface area contributed by atoms with Crippen molar-refractivity contribution in [3.8, 4) is 0 Å². The minimum atomic E-state index is 0.101. The third-order valence-corrected chi connectivity index (χ3v) is 3.67. The van der Waals surface area contributed by atoms with Crippen LogP contribution in [-0.2, 0) is 9.59 Å². The van der Waals surface area contributed by atoms with Crippen LogP contribution in [0, 0.1) is 5.92 Å². The lowest BCUT2D eigenvalue weighted by molar-refractivity contribution is -0.123. The van der Waals surface area contributed by atoms with Crippen molar-refractivity contribution in [2.45, 2.75) is 64.2 Å². The van der Waals surface area contributed by atoms with Crippen LogP contribution in [0.5, 0.6) is 0 Å². The van der Waals surface area contributed by atoms with Gasteiger partial charge in [0.1, 0.15) is 5.78 Å². The van der Waals surface area contributed by atoms with Crippen molar-refractivity contribution in [1.82, 2.24) is 5.32 Å². The van der Waals surface area contributed by atoms with Crippen molar-refractivity contribution in [3.05, 3.63) is 0 Å². The zero-order valence-electron chi connectivity index (χ0n) is 11.0. The molecule has 0 aromatic rings. The SMILES string of the molecule is CNC(=O)CCCCCC(=O)C1CCCCC1. The van der Waals surface area contributed by atoms with Gasteiger partial charge >= 0.3 is 0 Å². The van der Waals surface area contributed by atoms with Crippen LogP contribution in [0.15, 0.2) is 0 Å². The first-order chi connectivity index (χ1) is 8.24. The molecule has 0 atom stereocenters. The van der Waals surface area contributed by atoms with Crippen LogP contribution in [-0.4, -0.2) is 18.7 Å². The summed E-state index contributed by atoms with van der Waals surface area (Å²) in [4.78, 5) is 22.9. The van der Waals surface area contributed by atoms with E-state index < -0.39 is 0 Å². The number of unbranched alkanes of at least 4 members (excludes halogenated alkanes) is 2. The Kier molecular flexibility index (Phi) is 6.90. The molecule has 0 bridgehead atoms. The Balaban J connectivity index is 2.01. The topological polar surface area (TPSA) is 46.2 Å². The summed E-state index contributed by atoms with van der Waals surface area (Å²) in [7, 11) is 1.66. The summed E-state index contributed by atoms with van der Waals surface area (Å²) in [6.45, 7) is 0. The molecule has 1 saturated carbocycles. The normalized spacial score (nSPS) is 16.8. The van der Waals surface area contributed by atoms with Gasteiger partial charge in [-0.3, -0.25) is 9.59 Å². The van der Waals surface area contributed by atoms with Crippen molar-refractivity contribution in [2.24, 2.45) is 5.92 Å². The number of Topliss-reactive ketones (excluding diaryl/α,β-unsaturated/α-hetero) is 1. The van der Waals surface area contributed by atoms with Crippen LogP contribution in [0.2, 0.25) is 0 Å². The molecule has 1 rings (SSSR count). The molecule has 1 aliphatic rings. The molecule has 1 fully saturated rings. The molecular formula is C14H25NO2. The van der Waals surface area contributed by atoms with Crippen LogP contribution < -0.4 is 5.32 Å². The lowest BCUT2D eigenvalue weighted by Gasteiger charge is -2.20. The highest BCUT2D eigenvalue weighted by Gasteiger charge is 2.20. The summed E-state index contributed by atoms with van der Waals surface area (Å²) in [5.74, 6) is 0.913. The number of hydrogen-bond acceptors (Lipinski definition) is 2. The Morgan fingerprint density at radius 3 is 2.29 bits per heavy atom. The Morgan fingerprint density at radius 2 is 1.65 bits per heavy atom. The lowest BCUT2D eigenvalue weighted by Crippen LogP contribution is -2.18. The fraction of sp³-hybridized carbons (Fsp3) is 0.857. The Bertz CT molecular complexity index is 245. The highest BCUT2D eigenvalue weighted by molar-refractivity contribution is 5.81. The third-order valence-electron chi connectivity index (χ3n) is 3.67. The average molecular weight is 239 g/mol. The molecule has 0 unspecified atom stereocenters. The third kappa shape index (κ3) is 5.85. The summed E-state index contributed by atoms with van der Waals surface area (Å²) in [5.41, 5.74) is 0. The van der Waals surface area contributed by atoms with E-state index in [-0.39, 0.29) is 5.91 Å². The van der Waals surface area contributed by atoms with Gasteiger partial charge in [-0.05, 0) is 25.7 Å². The molecule has 1 N–H and O–H groups in total. The van der Waals surface area contributed by atoms with Crippen LogP contribution in [0.4, 0.5) is 0 Å². The van der Waals surface area contributed by atoms with E-state index in [1.807, 2.05) is 0 Å². The van der Waals surface area contributed by atoms with Gasteiger partial charge in [0, 0.05) is 25.8 Å². The first-order valence-corrected chi connectivity index (χ1v) is 6.97. The summed E-state index contributed by atoms with van der Waals surface area (Å²) >= 11 is 0. The van der Waals surface area contributed by atoms with Crippen molar-refractivity contribution in [3.63, 3.8) is 0 Å². The molecule has 3 nitrogen and oxygen atoms in total. The second-order valence-corrected chi connectivity index (χ2v) is 5.04. The highest BCUT2D eigenvalue weighted by Crippen LogP contribution is 2.25. The van der Waals surface area contributed by atoms with E-state index in [9.17, 15) is 9.59 Å². The van der Waals surface area contributed by atoms with E-state index in [0.717, 1.165) is 38.5 Å². The minimum absolute atomic E-state index is 0.101. The van der Waals surface area contributed by atoms with E-state index >= 15 is 0 Å². The Morgan fingerprint density at radius 1 is 1.00 bits per heavy atom. The van der Waals surface area contributed by atoms with Crippen LogP contribution in [0.1, 0.15) is 64.2 Å². The van der Waals surface area contributed by atoms with E-state index in [2.05, 4.69) is 5.32 Å². The summed E-state index contributed by atoms with van der Waals surface area (Å²) in [6, 6.07) is 0. The zero-order valence-corrected chi connectivity index (χ0v) is 11.0. The van der Waals surface area contributed by atoms with Crippen molar-refractivity contribution in [1.29, 1.82) is 0 Å². The van der Waals surface area contributed by atoms with Gasteiger partial charge in [-0.15, -0.1) is 0 Å². The molecule has 0 spiro atoms. The first-order valence-electron chi connectivity index (χ1n) is 6.97. The Labute approximate surface area is 104 Å². The fourth-order valence-electron chi connectivity index (χ4n) is 2.52. The molecule has 3 heteroatoms. The van der Waals surface area contributed by atoms with Crippen molar-refractivity contribution < 1.29 is 9.59 Å². The number of hydrogen-bond donors (Lipinski definition) is 1. The lowest BCUT2D eigenvalue weighted by atomic mass is 9.84. The van der Waals surface area contributed by atoms with Crippen molar-refractivity contribution >= 4 is 11.7 Å². The molecule has 0 heterocycles. The van der Waals surface area contributed by atoms with E-state index in [4.69, 9.17) is 0 Å². The maximum atomic E-state index is 11.9. The van der Waals surface area contributed by atoms with Crippen LogP contribution in [0.3, 0.4) is 0 Å². The summed E-state index contributed by atoms with van der Waals surface area (Å²) in [5, 5.41) is 2.61. The molecule has 1 amide bonds. The number of amides is 1. The molecule has 17 heavy (non-hydrogen) atoms. The second kappa shape index (κ2) is 8.26. The summed E-state index contributed by atoms with van der Waals surface area (Å²) < 4.78 is 0.